The first-order valence-electron chi connectivity index (χ1n) is 9.54. The molecule has 0 radical (unpaired) electrons. The van der Waals surface area contributed by atoms with Crippen molar-refractivity contribution in [3.05, 3.63) is 78.1 Å². The highest BCUT2D eigenvalue weighted by molar-refractivity contribution is 6.04. The van der Waals surface area contributed by atoms with Crippen molar-refractivity contribution in [2.24, 2.45) is 0 Å². The van der Waals surface area contributed by atoms with Crippen LogP contribution < -0.4 is 15.5 Å². The van der Waals surface area contributed by atoms with E-state index in [9.17, 15) is 4.79 Å². The van der Waals surface area contributed by atoms with E-state index in [-0.39, 0.29) is 5.91 Å². The van der Waals surface area contributed by atoms with Crippen LogP contribution >= 0.6 is 0 Å². The van der Waals surface area contributed by atoms with E-state index in [1.54, 1.807) is 18.5 Å². The number of nitrogens with zero attached hydrogens (tertiary/aromatic N) is 2. The summed E-state index contributed by atoms with van der Waals surface area (Å²) >= 11 is 0. The fourth-order valence-electron chi connectivity index (χ4n) is 3.07. The zero-order valence-electron chi connectivity index (χ0n) is 16.6. The van der Waals surface area contributed by atoms with E-state index in [4.69, 9.17) is 0 Å². The molecule has 0 saturated heterocycles. The third-order valence-corrected chi connectivity index (χ3v) is 4.56. The molecule has 3 aromatic rings. The number of hydrogen-bond donors (Lipinski definition) is 2. The van der Waals surface area contributed by atoms with Crippen molar-refractivity contribution in [3.8, 4) is 0 Å². The van der Waals surface area contributed by atoms with E-state index in [0.29, 0.717) is 5.56 Å². The standard InChI is InChI=1S/C23H26N4O/c1-4-27(5-2)22-11-9-19(10-12-22)25-21-14-18(15-24-16-21)23(28)26-20-8-6-7-17(3)13-20/h6-16,25H,4-5H2,1-3H3,(H,26,28). The highest BCUT2D eigenvalue weighted by atomic mass is 16.1. The predicted octanol–water partition coefficient (Wildman–Crippen LogP) is 5.23. The summed E-state index contributed by atoms with van der Waals surface area (Å²) < 4.78 is 0. The third-order valence-electron chi connectivity index (χ3n) is 4.56. The van der Waals surface area contributed by atoms with Crippen LogP contribution in [0.25, 0.3) is 0 Å². The molecular formula is C23H26N4O. The average molecular weight is 374 g/mol. The van der Waals surface area contributed by atoms with Crippen LogP contribution in [0.1, 0.15) is 29.8 Å². The van der Waals surface area contributed by atoms with Crippen molar-refractivity contribution in [1.82, 2.24) is 4.98 Å². The Hall–Kier alpha value is -3.34. The number of anilines is 4. The summed E-state index contributed by atoms with van der Waals surface area (Å²) in [6.45, 7) is 8.24. The van der Waals surface area contributed by atoms with Gasteiger partial charge in [0, 0.05) is 36.3 Å². The number of aryl methyl sites for hydroxylation is 1. The Morgan fingerprint density at radius 3 is 2.36 bits per heavy atom. The van der Waals surface area contributed by atoms with Gasteiger partial charge >= 0.3 is 0 Å². The van der Waals surface area contributed by atoms with Crippen LogP contribution in [0, 0.1) is 6.92 Å². The molecule has 0 aliphatic rings. The second kappa shape index (κ2) is 9.04. The minimum Gasteiger partial charge on any atom is -0.372 e. The molecule has 0 unspecified atom stereocenters. The van der Waals surface area contributed by atoms with Gasteiger partial charge in [-0.3, -0.25) is 9.78 Å². The van der Waals surface area contributed by atoms with Crippen LogP contribution in [0.4, 0.5) is 22.7 Å². The highest BCUT2D eigenvalue weighted by Gasteiger charge is 2.08. The molecule has 0 aliphatic carbocycles. The van der Waals surface area contributed by atoms with Crippen LogP contribution in [-0.4, -0.2) is 24.0 Å². The lowest BCUT2D eigenvalue weighted by Gasteiger charge is -2.21. The topological polar surface area (TPSA) is 57.3 Å². The first kappa shape index (κ1) is 19.4. The Labute approximate surface area is 166 Å². The molecule has 28 heavy (non-hydrogen) atoms. The molecule has 0 spiro atoms. The van der Waals surface area contributed by atoms with Gasteiger partial charge in [-0.1, -0.05) is 12.1 Å². The monoisotopic (exact) mass is 374 g/mol. The lowest BCUT2D eigenvalue weighted by molar-refractivity contribution is 0.102. The summed E-state index contributed by atoms with van der Waals surface area (Å²) in [5.41, 5.74) is 5.29. The van der Waals surface area contributed by atoms with Gasteiger partial charge in [0.2, 0.25) is 0 Å². The Balaban J connectivity index is 1.70. The minimum atomic E-state index is -0.182. The lowest BCUT2D eigenvalue weighted by Crippen LogP contribution is -2.21. The van der Waals surface area contributed by atoms with E-state index in [1.165, 1.54) is 5.69 Å². The lowest BCUT2D eigenvalue weighted by atomic mass is 10.2. The molecule has 2 aromatic carbocycles. The Bertz CT molecular complexity index is 933. The second-order valence-electron chi connectivity index (χ2n) is 6.63. The number of carbonyl (C=O) groups excluding carboxylic acids is 1. The van der Waals surface area contributed by atoms with Crippen molar-refractivity contribution in [3.63, 3.8) is 0 Å². The van der Waals surface area contributed by atoms with Gasteiger partial charge in [-0.2, -0.15) is 0 Å². The van der Waals surface area contributed by atoms with Gasteiger partial charge in [0.25, 0.3) is 5.91 Å². The van der Waals surface area contributed by atoms with Crippen LogP contribution in [0.2, 0.25) is 0 Å². The molecule has 2 N–H and O–H groups in total. The fourth-order valence-corrected chi connectivity index (χ4v) is 3.07. The molecule has 1 amide bonds. The number of rotatable bonds is 7. The van der Waals surface area contributed by atoms with Crippen molar-refractivity contribution in [1.29, 1.82) is 0 Å². The maximum Gasteiger partial charge on any atom is 0.257 e. The van der Waals surface area contributed by atoms with E-state index in [2.05, 4.69) is 46.5 Å². The zero-order valence-corrected chi connectivity index (χ0v) is 16.6. The number of carbonyl (C=O) groups is 1. The Kier molecular flexibility index (Phi) is 6.27. The molecule has 1 aromatic heterocycles. The number of amides is 1. The van der Waals surface area contributed by atoms with Gasteiger partial charge in [0.05, 0.1) is 17.4 Å². The van der Waals surface area contributed by atoms with Gasteiger partial charge in [-0.15, -0.1) is 0 Å². The highest BCUT2D eigenvalue weighted by Crippen LogP contribution is 2.21. The van der Waals surface area contributed by atoms with Crippen LogP contribution in [-0.2, 0) is 0 Å². The van der Waals surface area contributed by atoms with Crippen molar-refractivity contribution in [2.75, 3.05) is 28.6 Å². The van der Waals surface area contributed by atoms with Gasteiger partial charge in [0.1, 0.15) is 0 Å². The maximum absolute atomic E-state index is 12.5. The molecule has 3 rings (SSSR count). The van der Waals surface area contributed by atoms with Crippen LogP contribution in [0.3, 0.4) is 0 Å². The largest absolute Gasteiger partial charge is 0.372 e. The molecule has 0 atom stereocenters. The van der Waals surface area contributed by atoms with Gasteiger partial charge in [-0.05, 0) is 68.8 Å². The molecule has 0 fully saturated rings. The molecule has 5 heteroatoms. The van der Waals surface area contributed by atoms with Crippen LogP contribution in [0.15, 0.2) is 67.0 Å². The smallest absolute Gasteiger partial charge is 0.257 e. The zero-order chi connectivity index (χ0) is 19.9. The number of nitrogens with one attached hydrogen (secondary N) is 2. The Morgan fingerprint density at radius 1 is 0.929 bits per heavy atom. The summed E-state index contributed by atoms with van der Waals surface area (Å²) in [7, 11) is 0. The molecule has 1 heterocycles. The van der Waals surface area contributed by atoms with Crippen LogP contribution in [0.5, 0.6) is 0 Å². The van der Waals surface area contributed by atoms with E-state index in [0.717, 1.165) is 35.7 Å². The first-order chi connectivity index (χ1) is 13.6. The molecule has 0 bridgehead atoms. The molecular weight excluding hydrogens is 348 g/mol. The quantitative estimate of drug-likeness (QED) is 0.594. The first-order valence-corrected chi connectivity index (χ1v) is 9.54. The normalized spacial score (nSPS) is 10.4. The molecule has 5 nitrogen and oxygen atoms in total. The van der Waals surface area contributed by atoms with Gasteiger partial charge in [-0.25, -0.2) is 0 Å². The van der Waals surface area contributed by atoms with E-state index in [1.807, 2.05) is 43.3 Å². The predicted molar refractivity (Wildman–Crippen MR) is 117 cm³/mol. The van der Waals surface area contributed by atoms with Crippen molar-refractivity contribution in [2.45, 2.75) is 20.8 Å². The fraction of sp³-hybridized carbons (Fsp3) is 0.217. The molecule has 0 saturated carbocycles. The number of hydrogen-bond acceptors (Lipinski definition) is 4. The maximum atomic E-state index is 12.5. The van der Waals surface area contributed by atoms with Gasteiger partial charge < -0.3 is 15.5 Å². The van der Waals surface area contributed by atoms with E-state index >= 15 is 0 Å². The molecule has 144 valence electrons. The number of benzene rings is 2. The summed E-state index contributed by atoms with van der Waals surface area (Å²) in [5.74, 6) is -0.182. The average Bonchev–Trinajstić information content (AvgIpc) is 2.70. The summed E-state index contributed by atoms with van der Waals surface area (Å²) in [4.78, 5) is 19.0. The van der Waals surface area contributed by atoms with Crippen molar-refractivity contribution < 1.29 is 4.79 Å². The third kappa shape index (κ3) is 4.88. The van der Waals surface area contributed by atoms with Crippen molar-refractivity contribution >= 4 is 28.7 Å². The second-order valence-corrected chi connectivity index (χ2v) is 6.63. The van der Waals surface area contributed by atoms with Gasteiger partial charge in [0.15, 0.2) is 0 Å². The number of aromatic nitrogens is 1. The molecule has 0 aliphatic heterocycles. The SMILES string of the molecule is CCN(CC)c1ccc(Nc2cncc(C(=O)Nc3cccc(C)c3)c2)cc1. The summed E-state index contributed by atoms with van der Waals surface area (Å²) in [5, 5.41) is 6.22. The summed E-state index contributed by atoms with van der Waals surface area (Å²) in [6.07, 6.45) is 3.28. The number of pyridine rings is 1. The summed E-state index contributed by atoms with van der Waals surface area (Å²) in [6, 6.07) is 17.8. The Morgan fingerprint density at radius 2 is 1.68 bits per heavy atom. The van der Waals surface area contributed by atoms with E-state index < -0.39 is 0 Å². The minimum absolute atomic E-state index is 0.182.